The fraction of sp³-hybridized carbons (Fsp3) is 0.286. The lowest BCUT2D eigenvalue weighted by molar-refractivity contribution is -0.120. The Morgan fingerprint density at radius 2 is 1.77 bits per heavy atom. The quantitative estimate of drug-likeness (QED) is 0.707. The fourth-order valence-electron chi connectivity index (χ4n) is 1.69. The third-order valence-corrected chi connectivity index (χ3v) is 3.85. The summed E-state index contributed by atoms with van der Waals surface area (Å²) in [6.45, 7) is 4.27. The van der Waals surface area contributed by atoms with Gasteiger partial charge in [-0.1, -0.05) is 41.6 Å². The number of carbonyl (C=O) groups is 1. The molecule has 0 bridgehead atoms. The number of benzene rings is 1. The molecule has 0 saturated carbocycles. The molecule has 2 rings (SSSR count). The van der Waals surface area contributed by atoms with E-state index in [-0.39, 0.29) is 23.1 Å². The molecule has 2 aromatic rings. The number of anilines is 2. The van der Waals surface area contributed by atoms with Crippen molar-refractivity contribution in [2.24, 2.45) is 0 Å². The van der Waals surface area contributed by atoms with Gasteiger partial charge in [-0.15, -0.1) is 0 Å². The number of thioether (sulfide) groups is 1. The molecule has 0 unspecified atom stereocenters. The molecule has 1 heterocycles. The number of aromatic nitrogens is 3. The lowest BCUT2D eigenvalue weighted by Gasteiger charge is -2.11. The molecular weight excluding hydrogens is 300 g/mol. The van der Waals surface area contributed by atoms with E-state index in [1.54, 1.807) is 6.92 Å². The van der Waals surface area contributed by atoms with Gasteiger partial charge in [0.05, 0.1) is 5.25 Å². The molecule has 0 aliphatic rings. The number of nitrogen functional groups attached to an aromatic ring is 2. The van der Waals surface area contributed by atoms with Gasteiger partial charge in [-0.3, -0.25) is 4.79 Å². The summed E-state index contributed by atoms with van der Waals surface area (Å²) >= 11 is 1.18. The average Bonchev–Trinajstić information content (AvgIpc) is 2.45. The summed E-state index contributed by atoms with van der Waals surface area (Å²) in [4.78, 5) is 23.7. The number of nitrogens with one attached hydrogen (secondary N) is 1. The number of aryl methyl sites for hydroxylation is 1. The number of rotatable bonds is 5. The molecule has 5 N–H and O–H groups in total. The van der Waals surface area contributed by atoms with Crippen molar-refractivity contribution in [2.45, 2.75) is 30.8 Å². The van der Waals surface area contributed by atoms with E-state index in [4.69, 9.17) is 11.5 Å². The molecule has 0 aliphatic heterocycles. The normalized spacial score (nSPS) is 11.9. The molecule has 0 radical (unpaired) electrons. The van der Waals surface area contributed by atoms with Crippen molar-refractivity contribution in [2.75, 3.05) is 11.5 Å². The highest BCUT2D eigenvalue weighted by molar-refractivity contribution is 8.00. The maximum absolute atomic E-state index is 12.1. The molecule has 0 saturated heterocycles. The van der Waals surface area contributed by atoms with Crippen LogP contribution < -0.4 is 16.8 Å². The van der Waals surface area contributed by atoms with Crippen molar-refractivity contribution in [1.29, 1.82) is 0 Å². The van der Waals surface area contributed by atoms with Gasteiger partial charge < -0.3 is 16.8 Å². The summed E-state index contributed by atoms with van der Waals surface area (Å²) in [5.41, 5.74) is 13.2. The van der Waals surface area contributed by atoms with Gasteiger partial charge in [0, 0.05) is 6.54 Å². The Morgan fingerprint density at radius 3 is 2.36 bits per heavy atom. The monoisotopic (exact) mass is 318 g/mol. The molecule has 0 spiro atoms. The summed E-state index contributed by atoms with van der Waals surface area (Å²) in [6.07, 6.45) is 0. The lowest BCUT2D eigenvalue weighted by atomic mass is 10.1. The van der Waals surface area contributed by atoms with Crippen molar-refractivity contribution < 1.29 is 4.79 Å². The highest BCUT2D eigenvalue weighted by atomic mass is 32.2. The minimum absolute atomic E-state index is 0.0438. The maximum Gasteiger partial charge on any atom is 0.233 e. The fourth-order valence-corrected chi connectivity index (χ4v) is 2.49. The second-order valence-electron chi connectivity index (χ2n) is 4.80. The minimum atomic E-state index is -0.369. The largest absolute Gasteiger partial charge is 0.368 e. The highest BCUT2D eigenvalue weighted by Gasteiger charge is 2.16. The van der Waals surface area contributed by atoms with Crippen molar-refractivity contribution in [3.63, 3.8) is 0 Å². The van der Waals surface area contributed by atoms with Gasteiger partial charge in [-0.05, 0) is 19.4 Å². The van der Waals surface area contributed by atoms with Crippen molar-refractivity contribution in [3.8, 4) is 0 Å². The summed E-state index contributed by atoms with van der Waals surface area (Å²) in [5.74, 6) is -0.0207. The van der Waals surface area contributed by atoms with Crippen LogP contribution in [0.1, 0.15) is 18.1 Å². The van der Waals surface area contributed by atoms with E-state index in [0.29, 0.717) is 11.7 Å². The second-order valence-corrected chi connectivity index (χ2v) is 6.11. The van der Waals surface area contributed by atoms with Crippen LogP contribution in [0.2, 0.25) is 0 Å². The number of nitrogens with zero attached hydrogens (tertiary/aromatic N) is 3. The van der Waals surface area contributed by atoms with Gasteiger partial charge in [-0.25, -0.2) is 0 Å². The van der Waals surface area contributed by atoms with E-state index in [2.05, 4.69) is 20.3 Å². The van der Waals surface area contributed by atoms with E-state index in [1.807, 2.05) is 31.2 Å². The van der Waals surface area contributed by atoms with Gasteiger partial charge in [0.25, 0.3) is 0 Å². The molecule has 0 fully saturated rings. The number of carbonyl (C=O) groups excluding carboxylic acids is 1. The van der Waals surface area contributed by atoms with Crippen LogP contribution in [-0.2, 0) is 11.3 Å². The molecular formula is C14H18N6OS. The molecule has 8 heteroatoms. The first kappa shape index (κ1) is 16.0. The third kappa shape index (κ3) is 4.59. The van der Waals surface area contributed by atoms with Gasteiger partial charge in [0.2, 0.25) is 17.8 Å². The first-order chi connectivity index (χ1) is 10.4. The Labute approximate surface area is 132 Å². The summed E-state index contributed by atoms with van der Waals surface area (Å²) < 4.78 is 0. The Kier molecular flexibility index (Phi) is 5.16. The van der Waals surface area contributed by atoms with Crippen molar-refractivity contribution in [1.82, 2.24) is 20.3 Å². The van der Waals surface area contributed by atoms with Crippen LogP contribution in [-0.4, -0.2) is 26.1 Å². The van der Waals surface area contributed by atoms with E-state index >= 15 is 0 Å². The zero-order valence-electron chi connectivity index (χ0n) is 12.4. The Balaban J connectivity index is 1.90. The van der Waals surface area contributed by atoms with Crippen LogP contribution in [0.5, 0.6) is 0 Å². The first-order valence-corrected chi connectivity index (χ1v) is 7.59. The van der Waals surface area contributed by atoms with Gasteiger partial charge in [0.1, 0.15) is 0 Å². The van der Waals surface area contributed by atoms with Crippen molar-refractivity contribution in [3.05, 3.63) is 35.4 Å². The Morgan fingerprint density at radius 1 is 1.18 bits per heavy atom. The predicted molar refractivity (Wildman–Crippen MR) is 87.0 cm³/mol. The number of hydrogen-bond donors (Lipinski definition) is 3. The third-order valence-electron chi connectivity index (χ3n) is 2.89. The van der Waals surface area contributed by atoms with Crippen LogP contribution in [0.3, 0.4) is 0 Å². The highest BCUT2D eigenvalue weighted by Crippen LogP contribution is 2.20. The number of amides is 1. The zero-order valence-corrected chi connectivity index (χ0v) is 13.2. The van der Waals surface area contributed by atoms with Crippen LogP contribution >= 0.6 is 11.8 Å². The van der Waals surface area contributed by atoms with Gasteiger partial charge in [-0.2, -0.15) is 15.0 Å². The smallest absolute Gasteiger partial charge is 0.233 e. The molecule has 0 aliphatic carbocycles. The average molecular weight is 318 g/mol. The van der Waals surface area contributed by atoms with E-state index in [9.17, 15) is 4.79 Å². The molecule has 7 nitrogen and oxygen atoms in total. The number of nitrogens with two attached hydrogens (primary N) is 2. The summed E-state index contributed by atoms with van der Waals surface area (Å²) in [5, 5.41) is 2.84. The van der Waals surface area contributed by atoms with E-state index in [0.717, 1.165) is 5.56 Å². The lowest BCUT2D eigenvalue weighted by Crippen LogP contribution is -2.30. The van der Waals surface area contributed by atoms with E-state index < -0.39 is 0 Å². The Hall–Kier alpha value is -2.35. The van der Waals surface area contributed by atoms with Gasteiger partial charge >= 0.3 is 0 Å². The first-order valence-electron chi connectivity index (χ1n) is 6.71. The summed E-state index contributed by atoms with van der Waals surface area (Å²) in [6, 6.07) is 7.99. The second kappa shape index (κ2) is 7.08. The standard InChI is InChI=1S/C14H18N6OS/c1-8-3-5-10(6-4-8)7-17-11(21)9(2)22-14-19-12(15)18-13(16)20-14/h3-6,9H,7H2,1-2H3,(H,17,21)(H4,15,16,18,19,20)/t9-/m1/s1. The Bertz CT molecular complexity index is 641. The van der Waals surface area contributed by atoms with Crippen LogP contribution in [0.4, 0.5) is 11.9 Å². The predicted octanol–water partition coefficient (Wildman–Crippen LogP) is 1.14. The summed E-state index contributed by atoms with van der Waals surface area (Å²) in [7, 11) is 0. The SMILES string of the molecule is Cc1ccc(CNC(=O)[C@@H](C)Sc2nc(N)nc(N)n2)cc1. The maximum atomic E-state index is 12.1. The molecule has 22 heavy (non-hydrogen) atoms. The van der Waals surface area contributed by atoms with Crippen LogP contribution in [0.15, 0.2) is 29.4 Å². The molecule has 1 atom stereocenters. The molecule has 1 aromatic heterocycles. The minimum Gasteiger partial charge on any atom is -0.368 e. The van der Waals surface area contributed by atoms with Crippen LogP contribution in [0, 0.1) is 6.92 Å². The van der Waals surface area contributed by atoms with Crippen LogP contribution in [0.25, 0.3) is 0 Å². The van der Waals surface area contributed by atoms with E-state index in [1.165, 1.54) is 17.3 Å². The van der Waals surface area contributed by atoms with Crippen molar-refractivity contribution >= 4 is 29.6 Å². The molecule has 1 aromatic carbocycles. The van der Waals surface area contributed by atoms with Gasteiger partial charge in [0.15, 0.2) is 5.16 Å². The zero-order chi connectivity index (χ0) is 16.1. The topological polar surface area (TPSA) is 120 Å². The number of hydrogen-bond acceptors (Lipinski definition) is 7. The molecule has 116 valence electrons. The molecule has 1 amide bonds.